The Morgan fingerprint density at radius 3 is 2.67 bits per heavy atom. The number of nitrogens with one attached hydrogen (secondary N) is 1. The van der Waals surface area contributed by atoms with Crippen LogP contribution < -0.4 is 0 Å². The number of aromatic nitrogens is 3. The molecule has 0 unspecified atom stereocenters. The van der Waals surface area contributed by atoms with Crippen molar-refractivity contribution in [2.24, 2.45) is 0 Å². The van der Waals surface area contributed by atoms with Crippen LogP contribution >= 0.6 is 11.5 Å². The standard InChI is InChI=1S/C11H6F3N3S/c12-11(13,14)8-4-2-1-3-6(8)7-5-15-10-9(7)16-17-18-10/h1-5,15H. The summed E-state index contributed by atoms with van der Waals surface area (Å²) in [6.07, 6.45) is -2.86. The predicted octanol–water partition coefficient (Wildman–Crippen LogP) is 3.71. The number of H-pyrrole nitrogens is 1. The number of alkyl halides is 3. The molecule has 0 saturated carbocycles. The number of benzene rings is 1. The van der Waals surface area contributed by atoms with E-state index in [1.54, 1.807) is 6.07 Å². The fourth-order valence-corrected chi connectivity index (χ4v) is 2.39. The lowest BCUT2D eigenvalue weighted by molar-refractivity contribution is -0.137. The number of nitrogens with zero attached hydrogens (tertiary/aromatic N) is 2. The van der Waals surface area contributed by atoms with Gasteiger partial charge in [0, 0.05) is 23.3 Å². The maximum absolute atomic E-state index is 12.9. The molecule has 3 aromatic rings. The Bertz CT molecular complexity index is 699. The quantitative estimate of drug-likeness (QED) is 0.731. The van der Waals surface area contributed by atoms with Crippen LogP contribution in [0.25, 0.3) is 21.5 Å². The number of fused-ring (bicyclic) bond motifs is 1. The summed E-state index contributed by atoms with van der Waals surface area (Å²) in [4.78, 5) is 3.54. The van der Waals surface area contributed by atoms with Gasteiger partial charge in [-0.05, 0) is 11.6 Å². The Morgan fingerprint density at radius 2 is 1.89 bits per heavy atom. The first-order chi connectivity index (χ1) is 8.57. The van der Waals surface area contributed by atoms with Gasteiger partial charge in [0.25, 0.3) is 0 Å². The molecular formula is C11H6F3N3S. The second kappa shape index (κ2) is 3.81. The van der Waals surface area contributed by atoms with Crippen LogP contribution in [0.15, 0.2) is 30.5 Å². The molecule has 0 fully saturated rings. The van der Waals surface area contributed by atoms with E-state index in [1.807, 2.05) is 0 Å². The van der Waals surface area contributed by atoms with Crippen LogP contribution in [0.5, 0.6) is 0 Å². The van der Waals surface area contributed by atoms with Crippen molar-refractivity contribution in [2.75, 3.05) is 0 Å². The third-order valence-electron chi connectivity index (χ3n) is 2.61. The smallest absolute Gasteiger partial charge is 0.350 e. The highest BCUT2D eigenvalue weighted by Gasteiger charge is 2.34. The third-order valence-corrected chi connectivity index (χ3v) is 3.27. The van der Waals surface area contributed by atoms with E-state index < -0.39 is 11.7 Å². The molecule has 2 aromatic heterocycles. The first kappa shape index (κ1) is 11.2. The van der Waals surface area contributed by atoms with Crippen molar-refractivity contribution >= 4 is 21.9 Å². The van der Waals surface area contributed by atoms with Gasteiger partial charge in [-0.2, -0.15) is 13.2 Å². The summed E-state index contributed by atoms with van der Waals surface area (Å²) in [5, 5.41) is 3.85. The lowest BCUT2D eigenvalue weighted by Gasteiger charge is -2.11. The van der Waals surface area contributed by atoms with E-state index in [0.717, 1.165) is 17.6 Å². The van der Waals surface area contributed by atoms with Crippen LogP contribution in [0.4, 0.5) is 13.2 Å². The van der Waals surface area contributed by atoms with Crippen LogP contribution in [0, 0.1) is 0 Å². The number of hydrogen-bond acceptors (Lipinski definition) is 3. The Labute approximate surface area is 103 Å². The minimum Gasteiger partial charge on any atom is -0.350 e. The zero-order chi connectivity index (χ0) is 12.8. The number of halogens is 3. The largest absolute Gasteiger partial charge is 0.417 e. The van der Waals surface area contributed by atoms with Crippen LogP contribution in [0.2, 0.25) is 0 Å². The summed E-state index contributed by atoms with van der Waals surface area (Å²) < 4.78 is 42.5. The molecule has 0 aliphatic heterocycles. The monoisotopic (exact) mass is 269 g/mol. The zero-order valence-electron chi connectivity index (χ0n) is 8.82. The minimum absolute atomic E-state index is 0.115. The molecule has 0 amide bonds. The minimum atomic E-state index is -4.39. The molecule has 0 aliphatic carbocycles. The fourth-order valence-electron chi connectivity index (χ4n) is 1.84. The van der Waals surface area contributed by atoms with Crippen LogP contribution in [-0.4, -0.2) is 14.6 Å². The number of hydrogen-bond donors (Lipinski definition) is 1. The summed E-state index contributed by atoms with van der Waals surface area (Å²) in [6.45, 7) is 0. The van der Waals surface area contributed by atoms with Crippen LogP contribution in [0.3, 0.4) is 0 Å². The van der Waals surface area contributed by atoms with E-state index >= 15 is 0 Å². The van der Waals surface area contributed by atoms with Gasteiger partial charge in [-0.15, -0.1) is 5.10 Å². The molecule has 1 N–H and O–H groups in total. The van der Waals surface area contributed by atoms with Gasteiger partial charge < -0.3 is 4.98 Å². The van der Waals surface area contributed by atoms with Crippen molar-refractivity contribution in [1.29, 1.82) is 0 Å². The Morgan fingerprint density at radius 1 is 1.11 bits per heavy atom. The molecule has 0 radical (unpaired) electrons. The molecule has 0 bridgehead atoms. The van der Waals surface area contributed by atoms with Crippen molar-refractivity contribution in [3.05, 3.63) is 36.0 Å². The third kappa shape index (κ3) is 1.67. The highest BCUT2D eigenvalue weighted by atomic mass is 32.1. The van der Waals surface area contributed by atoms with Crippen LogP contribution in [0.1, 0.15) is 5.56 Å². The molecule has 92 valence electrons. The molecule has 0 saturated heterocycles. The van der Waals surface area contributed by atoms with Gasteiger partial charge in [-0.25, -0.2) is 0 Å². The molecule has 1 aromatic carbocycles. The van der Waals surface area contributed by atoms with Crippen molar-refractivity contribution in [1.82, 2.24) is 14.6 Å². The highest BCUT2D eigenvalue weighted by Crippen LogP contribution is 2.39. The van der Waals surface area contributed by atoms with E-state index in [-0.39, 0.29) is 5.56 Å². The van der Waals surface area contributed by atoms with Crippen molar-refractivity contribution in [2.45, 2.75) is 6.18 Å². The van der Waals surface area contributed by atoms with Crippen molar-refractivity contribution in [3.63, 3.8) is 0 Å². The molecule has 0 atom stereocenters. The average Bonchev–Trinajstić information content (AvgIpc) is 2.89. The molecule has 7 heteroatoms. The molecule has 2 heterocycles. The van der Waals surface area contributed by atoms with Gasteiger partial charge in [0.15, 0.2) is 0 Å². The van der Waals surface area contributed by atoms with E-state index in [4.69, 9.17) is 0 Å². The van der Waals surface area contributed by atoms with Gasteiger partial charge in [-0.3, -0.25) is 0 Å². The Balaban J connectivity index is 2.27. The first-order valence-electron chi connectivity index (χ1n) is 5.03. The molecule has 18 heavy (non-hydrogen) atoms. The summed E-state index contributed by atoms with van der Waals surface area (Å²) in [6, 6.07) is 5.44. The highest BCUT2D eigenvalue weighted by molar-refractivity contribution is 7.12. The van der Waals surface area contributed by atoms with Gasteiger partial charge >= 0.3 is 6.18 Å². The fraction of sp³-hybridized carbons (Fsp3) is 0.0909. The molecule has 0 aliphatic rings. The summed E-state index contributed by atoms with van der Waals surface area (Å²) in [5.41, 5.74) is 0.339. The van der Waals surface area contributed by atoms with Crippen LogP contribution in [-0.2, 0) is 6.18 Å². The summed E-state index contributed by atoms with van der Waals surface area (Å²) in [5.74, 6) is 0. The van der Waals surface area contributed by atoms with E-state index in [1.165, 1.54) is 18.3 Å². The van der Waals surface area contributed by atoms with Gasteiger partial charge in [0.2, 0.25) is 0 Å². The molecular weight excluding hydrogens is 263 g/mol. The Hall–Kier alpha value is -1.89. The maximum Gasteiger partial charge on any atom is 0.417 e. The van der Waals surface area contributed by atoms with Gasteiger partial charge in [0.1, 0.15) is 10.3 Å². The number of rotatable bonds is 1. The van der Waals surface area contributed by atoms with Gasteiger partial charge in [0.05, 0.1) is 5.56 Å². The van der Waals surface area contributed by atoms with E-state index in [2.05, 4.69) is 14.6 Å². The maximum atomic E-state index is 12.9. The second-order valence-corrected chi connectivity index (χ2v) is 4.45. The lowest BCUT2D eigenvalue weighted by Crippen LogP contribution is -2.06. The molecule has 0 spiro atoms. The Kier molecular flexibility index (Phi) is 2.37. The van der Waals surface area contributed by atoms with Crippen molar-refractivity contribution in [3.8, 4) is 11.1 Å². The molecule has 3 rings (SSSR count). The zero-order valence-corrected chi connectivity index (χ0v) is 9.64. The first-order valence-corrected chi connectivity index (χ1v) is 5.81. The SMILES string of the molecule is FC(F)(F)c1ccccc1-c1c[nH]c2snnc12. The van der Waals surface area contributed by atoms with Crippen molar-refractivity contribution < 1.29 is 13.2 Å². The van der Waals surface area contributed by atoms with E-state index in [0.29, 0.717) is 15.9 Å². The van der Waals surface area contributed by atoms with Gasteiger partial charge in [-0.1, -0.05) is 22.7 Å². The predicted molar refractivity (Wildman–Crippen MR) is 62.2 cm³/mol. The second-order valence-electron chi connectivity index (χ2n) is 3.70. The summed E-state index contributed by atoms with van der Waals surface area (Å²) >= 11 is 1.12. The lowest BCUT2D eigenvalue weighted by atomic mass is 10.0. The summed E-state index contributed by atoms with van der Waals surface area (Å²) in [7, 11) is 0. The number of aromatic amines is 1. The topological polar surface area (TPSA) is 41.6 Å². The van der Waals surface area contributed by atoms with E-state index in [9.17, 15) is 13.2 Å². The normalized spacial score (nSPS) is 12.2. The average molecular weight is 269 g/mol. The molecule has 3 nitrogen and oxygen atoms in total.